The number of carbonyl (C=O) groups excluding carboxylic acids is 1. The first-order chi connectivity index (χ1) is 12.5. The number of nitrogens with zero attached hydrogens (tertiary/aromatic N) is 2. The molecule has 6 heteroatoms. The number of amides is 1. The van der Waals surface area contributed by atoms with E-state index in [9.17, 15) is 4.79 Å². The van der Waals surface area contributed by atoms with Crippen LogP contribution in [0.3, 0.4) is 0 Å². The van der Waals surface area contributed by atoms with Gasteiger partial charge in [0.1, 0.15) is 5.60 Å². The van der Waals surface area contributed by atoms with Gasteiger partial charge in [-0.05, 0) is 37.5 Å². The van der Waals surface area contributed by atoms with E-state index in [4.69, 9.17) is 13.9 Å². The Morgan fingerprint density at radius 2 is 2.23 bits per heavy atom. The summed E-state index contributed by atoms with van der Waals surface area (Å²) in [4.78, 5) is 18.5. The van der Waals surface area contributed by atoms with Gasteiger partial charge in [0.05, 0.1) is 32.1 Å². The quantitative estimate of drug-likeness (QED) is 0.843. The topological polar surface area (TPSA) is 64.8 Å². The van der Waals surface area contributed by atoms with E-state index in [1.807, 2.05) is 32.3 Å². The van der Waals surface area contributed by atoms with Crippen LogP contribution in [0.1, 0.15) is 40.1 Å². The van der Waals surface area contributed by atoms with E-state index in [-0.39, 0.29) is 17.6 Å². The highest BCUT2D eigenvalue weighted by Gasteiger charge is 2.50. The highest BCUT2D eigenvalue weighted by Crippen LogP contribution is 2.36. The second-order valence-corrected chi connectivity index (χ2v) is 7.42. The fraction of sp³-hybridized carbons (Fsp3) is 0.500. The molecule has 0 unspecified atom stereocenters. The summed E-state index contributed by atoms with van der Waals surface area (Å²) < 4.78 is 17.4. The van der Waals surface area contributed by atoms with Gasteiger partial charge in [-0.1, -0.05) is 6.07 Å². The fourth-order valence-corrected chi connectivity index (χ4v) is 3.78. The van der Waals surface area contributed by atoms with Crippen molar-refractivity contribution in [2.24, 2.45) is 0 Å². The maximum atomic E-state index is 12.5. The number of carbonyl (C=O) groups is 1. The summed E-state index contributed by atoms with van der Waals surface area (Å²) in [6.45, 7) is 6.33. The number of ether oxygens (including phenoxy) is 2. The average Bonchev–Trinajstić information content (AvgIpc) is 3.03. The van der Waals surface area contributed by atoms with Crippen molar-refractivity contribution in [3.05, 3.63) is 53.2 Å². The van der Waals surface area contributed by atoms with E-state index >= 15 is 0 Å². The van der Waals surface area contributed by atoms with Crippen molar-refractivity contribution < 1.29 is 18.7 Å². The molecule has 2 aromatic heterocycles. The molecule has 0 aliphatic carbocycles. The third-order valence-electron chi connectivity index (χ3n) is 5.17. The zero-order valence-electron chi connectivity index (χ0n) is 15.2. The molecule has 2 aliphatic rings. The van der Waals surface area contributed by atoms with Gasteiger partial charge in [-0.3, -0.25) is 9.78 Å². The lowest BCUT2D eigenvalue weighted by molar-refractivity contribution is -0.188. The summed E-state index contributed by atoms with van der Waals surface area (Å²) in [6.07, 6.45) is 7.08. The van der Waals surface area contributed by atoms with Crippen molar-refractivity contribution in [3.8, 4) is 0 Å². The van der Waals surface area contributed by atoms with Crippen LogP contribution in [0.25, 0.3) is 0 Å². The Hall–Kier alpha value is -2.18. The highest BCUT2D eigenvalue weighted by atomic mass is 16.5. The molecule has 4 rings (SSSR count). The van der Waals surface area contributed by atoms with Crippen LogP contribution < -0.4 is 0 Å². The first-order valence-corrected chi connectivity index (χ1v) is 9.04. The van der Waals surface area contributed by atoms with Crippen molar-refractivity contribution in [3.63, 3.8) is 0 Å². The van der Waals surface area contributed by atoms with Gasteiger partial charge in [-0.25, -0.2) is 0 Å². The van der Waals surface area contributed by atoms with Crippen molar-refractivity contribution >= 4 is 5.91 Å². The van der Waals surface area contributed by atoms with Crippen LogP contribution in [0, 0.1) is 13.8 Å². The molecule has 6 nitrogen and oxygen atoms in total. The van der Waals surface area contributed by atoms with E-state index in [1.165, 1.54) is 0 Å². The Bertz CT molecular complexity index is 795. The largest absolute Gasteiger partial charge is 0.459 e. The van der Waals surface area contributed by atoms with Crippen molar-refractivity contribution in [1.29, 1.82) is 0 Å². The molecule has 2 aromatic rings. The lowest BCUT2D eigenvalue weighted by Gasteiger charge is -2.52. The third kappa shape index (κ3) is 3.39. The van der Waals surface area contributed by atoms with Crippen LogP contribution in [0.2, 0.25) is 0 Å². The van der Waals surface area contributed by atoms with Crippen molar-refractivity contribution in [2.45, 2.75) is 45.0 Å². The monoisotopic (exact) mass is 356 g/mol. The summed E-state index contributed by atoms with van der Waals surface area (Å²) in [7, 11) is 0. The summed E-state index contributed by atoms with van der Waals surface area (Å²) in [5.74, 6) is 0.367. The minimum atomic E-state index is -0.274. The number of aryl methyl sites for hydroxylation is 2. The summed E-state index contributed by atoms with van der Waals surface area (Å²) in [5, 5.41) is 0. The number of hydrogen-bond donors (Lipinski definition) is 0. The van der Waals surface area contributed by atoms with E-state index in [0.717, 1.165) is 29.5 Å². The Morgan fingerprint density at radius 3 is 2.96 bits per heavy atom. The minimum Gasteiger partial charge on any atom is -0.459 e. The van der Waals surface area contributed by atoms with Gasteiger partial charge >= 0.3 is 0 Å². The maximum Gasteiger partial charge on any atom is 0.290 e. The minimum absolute atomic E-state index is 0.0596. The van der Waals surface area contributed by atoms with Crippen LogP contribution in [-0.2, 0) is 16.1 Å². The van der Waals surface area contributed by atoms with Crippen molar-refractivity contribution in [2.75, 3.05) is 19.7 Å². The predicted octanol–water partition coefficient (Wildman–Crippen LogP) is 2.88. The molecule has 26 heavy (non-hydrogen) atoms. The number of aromatic nitrogens is 1. The molecular formula is C20H24N2O4. The molecule has 0 radical (unpaired) electrons. The number of rotatable bonds is 4. The first kappa shape index (κ1) is 17.2. The summed E-state index contributed by atoms with van der Waals surface area (Å²) in [5.41, 5.74) is 2.82. The van der Waals surface area contributed by atoms with Gasteiger partial charge in [0.2, 0.25) is 0 Å². The van der Waals surface area contributed by atoms with Crippen LogP contribution in [0.5, 0.6) is 0 Å². The zero-order valence-corrected chi connectivity index (χ0v) is 15.2. The Balaban J connectivity index is 1.32. The van der Waals surface area contributed by atoms with Crippen LogP contribution in [0.15, 0.2) is 35.2 Å². The molecule has 0 aromatic carbocycles. The lowest BCUT2D eigenvalue weighted by Crippen LogP contribution is -2.67. The molecule has 1 spiro atoms. The number of pyridine rings is 1. The normalized spacial score (nSPS) is 21.6. The SMILES string of the molecule is Cc1cncc(CO[C@H]2CCOC3(C2)CN(C(=O)c2occc2C)C3)c1. The second-order valence-electron chi connectivity index (χ2n) is 7.42. The number of hydrogen-bond acceptors (Lipinski definition) is 5. The number of furan rings is 1. The molecule has 2 fully saturated rings. The number of likely N-dealkylation sites (tertiary alicyclic amines) is 1. The zero-order chi connectivity index (χ0) is 18.1. The molecule has 4 heterocycles. The lowest BCUT2D eigenvalue weighted by atomic mass is 9.84. The molecule has 1 amide bonds. The second kappa shape index (κ2) is 6.85. The summed E-state index contributed by atoms with van der Waals surface area (Å²) >= 11 is 0. The average molecular weight is 356 g/mol. The van der Waals surface area contributed by atoms with Gasteiger partial charge in [-0.2, -0.15) is 0 Å². The van der Waals surface area contributed by atoms with E-state index < -0.39 is 0 Å². The van der Waals surface area contributed by atoms with Gasteiger partial charge in [0, 0.05) is 31.0 Å². The van der Waals surface area contributed by atoms with Crippen LogP contribution in [-0.4, -0.2) is 47.2 Å². The Morgan fingerprint density at radius 1 is 1.38 bits per heavy atom. The van der Waals surface area contributed by atoms with Crippen LogP contribution >= 0.6 is 0 Å². The Kier molecular flexibility index (Phi) is 4.54. The van der Waals surface area contributed by atoms with Gasteiger partial charge < -0.3 is 18.8 Å². The molecule has 2 saturated heterocycles. The van der Waals surface area contributed by atoms with Crippen molar-refractivity contribution in [1.82, 2.24) is 9.88 Å². The molecule has 0 saturated carbocycles. The smallest absolute Gasteiger partial charge is 0.290 e. The van der Waals surface area contributed by atoms with Gasteiger partial charge in [0.25, 0.3) is 5.91 Å². The summed E-state index contributed by atoms with van der Waals surface area (Å²) in [6, 6.07) is 3.90. The molecule has 138 valence electrons. The maximum absolute atomic E-state index is 12.5. The van der Waals surface area contributed by atoms with Crippen LogP contribution in [0.4, 0.5) is 0 Å². The molecule has 0 N–H and O–H groups in total. The highest BCUT2D eigenvalue weighted by molar-refractivity contribution is 5.93. The first-order valence-electron chi connectivity index (χ1n) is 9.04. The molecule has 0 bridgehead atoms. The molecule has 1 atom stereocenters. The Labute approximate surface area is 153 Å². The van der Waals surface area contributed by atoms with Gasteiger partial charge in [-0.15, -0.1) is 0 Å². The predicted molar refractivity (Wildman–Crippen MR) is 94.8 cm³/mol. The molecular weight excluding hydrogens is 332 g/mol. The third-order valence-corrected chi connectivity index (χ3v) is 5.17. The van der Waals surface area contributed by atoms with E-state index in [1.54, 1.807) is 11.2 Å². The standard InChI is InChI=1S/C20H24N2O4/c1-14-7-16(10-21-9-14)11-25-17-4-6-26-20(8-17)12-22(13-20)19(23)18-15(2)3-5-24-18/h3,5,7,9-10,17H,4,6,8,11-13H2,1-2H3/t17-/m0/s1. The molecule has 2 aliphatic heterocycles. The van der Waals surface area contributed by atoms with E-state index in [0.29, 0.717) is 32.1 Å². The fourth-order valence-electron chi connectivity index (χ4n) is 3.78. The van der Waals surface area contributed by atoms with E-state index in [2.05, 4.69) is 11.1 Å². The van der Waals surface area contributed by atoms with Gasteiger partial charge in [0.15, 0.2) is 5.76 Å².